The van der Waals surface area contributed by atoms with Crippen LogP contribution in [0, 0.1) is 13.8 Å². The van der Waals surface area contributed by atoms with Crippen LogP contribution in [0.3, 0.4) is 0 Å². The maximum Gasteiger partial charge on any atom is 0.0731 e. The highest BCUT2D eigenvalue weighted by Crippen LogP contribution is 2.34. The van der Waals surface area contributed by atoms with Crippen LogP contribution in [0.2, 0.25) is 5.02 Å². The maximum atomic E-state index is 6.30. The van der Waals surface area contributed by atoms with Gasteiger partial charge >= 0.3 is 0 Å². The lowest BCUT2D eigenvalue weighted by molar-refractivity contribution is 0.882. The van der Waals surface area contributed by atoms with Gasteiger partial charge in [-0.2, -0.15) is 0 Å². The number of thiophene rings is 1. The molecule has 2 N–H and O–H groups in total. The van der Waals surface area contributed by atoms with E-state index in [0.29, 0.717) is 0 Å². The molecule has 1 aromatic heterocycles. The third-order valence-electron chi connectivity index (χ3n) is 2.75. The van der Waals surface area contributed by atoms with Crippen LogP contribution in [-0.4, -0.2) is 0 Å². The Morgan fingerprint density at radius 1 is 1.24 bits per heavy atom. The van der Waals surface area contributed by atoms with E-state index in [9.17, 15) is 0 Å². The van der Waals surface area contributed by atoms with Crippen molar-refractivity contribution in [2.45, 2.75) is 19.9 Å². The average molecular weight is 331 g/mol. The van der Waals surface area contributed by atoms with Gasteiger partial charge in [-0.05, 0) is 64.7 Å². The average Bonchev–Trinajstić information content (AvgIpc) is 2.58. The van der Waals surface area contributed by atoms with Crippen molar-refractivity contribution in [3.05, 3.63) is 54.6 Å². The van der Waals surface area contributed by atoms with Crippen LogP contribution in [-0.2, 0) is 0 Å². The summed E-state index contributed by atoms with van der Waals surface area (Å²) in [4.78, 5) is 1.17. The molecule has 1 heterocycles. The molecular weight excluding hydrogens is 318 g/mol. The number of hydrogen-bond acceptors (Lipinski definition) is 2. The van der Waals surface area contributed by atoms with Gasteiger partial charge in [0.2, 0.25) is 0 Å². The number of nitrogens with two attached hydrogens (primary N) is 1. The summed E-state index contributed by atoms with van der Waals surface area (Å²) < 4.78 is 1.15. The summed E-state index contributed by atoms with van der Waals surface area (Å²) in [6.07, 6.45) is 0. The third kappa shape index (κ3) is 2.74. The van der Waals surface area contributed by atoms with Gasteiger partial charge in [-0.15, -0.1) is 11.3 Å². The molecular formula is C13H13BrClNS. The summed E-state index contributed by atoms with van der Waals surface area (Å²) in [5.74, 6) is 0. The molecule has 0 aliphatic carbocycles. The van der Waals surface area contributed by atoms with E-state index in [1.165, 1.54) is 10.4 Å². The Bertz CT molecular complexity index is 531. The monoisotopic (exact) mass is 329 g/mol. The molecule has 2 aromatic rings. The van der Waals surface area contributed by atoms with Crippen molar-refractivity contribution in [3.8, 4) is 0 Å². The van der Waals surface area contributed by atoms with Gasteiger partial charge in [0.25, 0.3) is 0 Å². The summed E-state index contributed by atoms with van der Waals surface area (Å²) in [5, 5.41) is 0.752. The normalized spacial score (nSPS) is 12.8. The molecule has 0 saturated heterocycles. The lowest BCUT2D eigenvalue weighted by atomic mass is 10.0. The zero-order chi connectivity index (χ0) is 12.6. The van der Waals surface area contributed by atoms with E-state index in [4.69, 9.17) is 17.3 Å². The zero-order valence-corrected chi connectivity index (χ0v) is 12.8. The smallest absolute Gasteiger partial charge is 0.0731 e. The van der Waals surface area contributed by atoms with E-state index in [-0.39, 0.29) is 6.04 Å². The predicted molar refractivity (Wildman–Crippen MR) is 79.0 cm³/mol. The number of rotatable bonds is 2. The minimum absolute atomic E-state index is 0.0812. The number of aryl methyl sites for hydroxylation is 2. The van der Waals surface area contributed by atoms with E-state index in [0.717, 1.165) is 19.9 Å². The molecule has 0 spiro atoms. The lowest BCUT2D eigenvalue weighted by Crippen LogP contribution is -2.11. The molecule has 90 valence electrons. The fourth-order valence-electron chi connectivity index (χ4n) is 1.78. The van der Waals surface area contributed by atoms with Crippen LogP contribution in [0.15, 0.2) is 28.1 Å². The summed E-state index contributed by atoms with van der Waals surface area (Å²) in [7, 11) is 0. The first kappa shape index (κ1) is 13.1. The first-order valence-corrected chi connectivity index (χ1v) is 7.25. The predicted octanol–water partition coefficient (Wildman–Crippen LogP) is 4.83. The van der Waals surface area contributed by atoms with E-state index in [1.54, 1.807) is 11.3 Å². The van der Waals surface area contributed by atoms with Crippen molar-refractivity contribution in [2.24, 2.45) is 5.73 Å². The van der Waals surface area contributed by atoms with E-state index in [2.05, 4.69) is 28.9 Å². The highest BCUT2D eigenvalue weighted by atomic mass is 79.9. The number of benzene rings is 1. The number of halogens is 2. The zero-order valence-electron chi connectivity index (χ0n) is 9.63. The Morgan fingerprint density at radius 3 is 2.47 bits per heavy atom. The fourth-order valence-corrected chi connectivity index (χ4v) is 3.60. The van der Waals surface area contributed by atoms with Gasteiger partial charge < -0.3 is 5.73 Å². The van der Waals surface area contributed by atoms with Gasteiger partial charge in [0.05, 0.1) is 9.83 Å². The van der Waals surface area contributed by atoms with Crippen LogP contribution >= 0.6 is 38.9 Å². The standard InChI is InChI=1S/C13H13BrClNS/c1-7-5-9(15)3-4-10(7)12(16)11-6-8(2)13(14)17-11/h3-6,12H,16H2,1-2H3. The minimum Gasteiger partial charge on any atom is -0.320 e. The maximum absolute atomic E-state index is 6.30. The highest BCUT2D eigenvalue weighted by Gasteiger charge is 2.15. The Morgan fingerprint density at radius 2 is 1.94 bits per heavy atom. The van der Waals surface area contributed by atoms with Gasteiger partial charge in [0, 0.05) is 9.90 Å². The summed E-state index contributed by atoms with van der Waals surface area (Å²) in [5.41, 5.74) is 9.78. The molecule has 4 heteroatoms. The van der Waals surface area contributed by atoms with Crippen molar-refractivity contribution in [1.29, 1.82) is 0 Å². The second-order valence-electron chi connectivity index (χ2n) is 4.08. The quantitative estimate of drug-likeness (QED) is 0.838. The lowest BCUT2D eigenvalue weighted by Gasteiger charge is -2.13. The van der Waals surface area contributed by atoms with E-state index >= 15 is 0 Å². The molecule has 0 saturated carbocycles. The first-order chi connectivity index (χ1) is 7.99. The Labute approximate surface area is 119 Å². The summed E-state index contributed by atoms with van der Waals surface area (Å²) >= 11 is 11.2. The van der Waals surface area contributed by atoms with Crippen LogP contribution in [0.25, 0.3) is 0 Å². The largest absolute Gasteiger partial charge is 0.320 e. The van der Waals surface area contributed by atoms with Gasteiger partial charge in [0.15, 0.2) is 0 Å². The molecule has 0 amide bonds. The summed E-state index contributed by atoms with van der Waals surface area (Å²) in [6, 6.07) is 7.90. The molecule has 2 rings (SSSR count). The second kappa shape index (κ2) is 5.11. The van der Waals surface area contributed by atoms with Gasteiger partial charge in [-0.25, -0.2) is 0 Å². The van der Waals surface area contributed by atoms with E-state index in [1.807, 2.05) is 25.1 Å². The van der Waals surface area contributed by atoms with Crippen LogP contribution < -0.4 is 5.73 Å². The first-order valence-electron chi connectivity index (χ1n) is 5.26. The minimum atomic E-state index is -0.0812. The molecule has 17 heavy (non-hydrogen) atoms. The van der Waals surface area contributed by atoms with Crippen molar-refractivity contribution in [3.63, 3.8) is 0 Å². The molecule has 1 aromatic carbocycles. The van der Waals surface area contributed by atoms with Crippen LogP contribution in [0.1, 0.15) is 27.6 Å². The molecule has 0 aliphatic heterocycles. The second-order valence-corrected chi connectivity index (χ2v) is 6.92. The van der Waals surface area contributed by atoms with Gasteiger partial charge in [-0.3, -0.25) is 0 Å². The van der Waals surface area contributed by atoms with Crippen LogP contribution in [0.5, 0.6) is 0 Å². The van der Waals surface area contributed by atoms with Gasteiger partial charge in [0.1, 0.15) is 0 Å². The molecule has 0 bridgehead atoms. The highest BCUT2D eigenvalue weighted by molar-refractivity contribution is 9.11. The molecule has 1 unspecified atom stereocenters. The van der Waals surface area contributed by atoms with Crippen molar-refractivity contribution < 1.29 is 0 Å². The Kier molecular flexibility index (Phi) is 3.93. The molecule has 0 fully saturated rings. The van der Waals surface area contributed by atoms with Gasteiger partial charge in [-0.1, -0.05) is 17.7 Å². The third-order valence-corrected chi connectivity index (χ3v) is 5.20. The Balaban J connectivity index is 2.39. The van der Waals surface area contributed by atoms with Crippen LogP contribution in [0.4, 0.5) is 0 Å². The van der Waals surface area contributed by atoms with Crippen molar-refractivity contribution in [1.82, 2.24) is 0 Å². The molecule has 1 atom stereocenters. The fraction of sp³-hybridized carbons (Fsp3) is 0.231. The molecule has 0 radical (unpaired) electrons. The van der Waals surface area contributed by atoms with E-state index < -0.39 is 0 Å². The SMILES string of the molecule is Cc1cc(Cl)ccc1C(N)c1cc(C)c(Br)s1. The van der Waals surface area contributed by atoms with Crippen molar-refractivity contribution in [2.75, 3.05) is 0 Å². The number of hydrogen-bond donors (Lipinski definition) is 1. The molecule has 1 nitrogen and oxygen atoms in total. The topological polar surface area (TPSA) is 26.0 Å². The molecule has 0 aliphatic rings. The summed E-state index contributed by atoms with van der Waals surface area (Å²) in [6.45, 7) is 4.11. The van der Waals surface area contributed by atoms with Crippen molar-refractivity contribution >= 4 is 38.9 Å². The Hall–Kier alpha value is -0.350.